The topological polar surface area (TPSA) is 43.1 Å². The molecule has 0 aliphatic heterocycles. The molecule has 0 amide bonds. The standard InChI is InChI=1S/C15H10FNO2/c1-9-2-3-13-10(4-9)6-14(19-13)15(18)11-5-12(16)8-17-7-11/h2-8H,1H3. The number of hydrogen-bond acceptors (Lipinski definition) is 3. The molecule has 2 aromatic heterocycles. The largest absolute Gasteiger partial charge is 0.453 e. The van der Waals surface area contributed by atoms with E-state index in [0.717, 1.165) is 23.2 Å². The normalized spacial score (nSPS) is 10.8. The quantitative estimate of drug-likeness (QED) is 0.658. The van der Waals surface area contributed by atoms with E-state index < -0.39 is 5.82 Å². The summed E-state index contributed by atoms with van der Waals surface area (Å²) in [5.74, 6) is -0.730. The second-order valence-corrected chi connectivity index (χ2v) is 4.37. The van der Waals surface area contributed by atoms with Gasteiger partial charge in [0.1, 0.15) is 11.4 Å². The summed E-state index contributed by atoms with van der Waals surface area (Å²) in [5, 5.41) is 0.854. The summed E-state index contributed by atoms with van der Waals surface area (Å²) in [6, 6.07) is 8.46. The van der Waals surface area contributed by atoms with Crippen molar-refractivity contribution in [2.45, 2.75) is 6.92 Å². The number of carbonyl (C=O) groups is 1. The lowest BCUT2D eigenvalue weighted by atomic mass is 10.1. The van der Waals surface area contributed by atoms with Gasteiger partial charge >= 0.3 is 0 Å². The number of fused-ring (bicyclic) bond motifs is 1. The zero-order valence-electron chi connectivity index (χ0n) is 10.2. The molecule has 0 bridgehead atoms. The first-order chi connectivity index (χ1) is 9.13. The molecule has 0 radical (unpaired) electrons. The van der Waals surface area contributed by atoms with Gasteiger partial charge in [0.2, 0.25) is 5.78 Å². The molecule has 2 heterocycles. The van der Waals surface area contributed by atoms with Crippen LogP contribution < -0.4 is 0 Å². The Morgan fingerprint density at radius 1 is 1.21 bits per heavy atom. The molecule has 0 saturated heterocycles. The van der Waals surface area contributed by atoms with E-state index in [1.54, 1.807) is 6.07 Å². The average molecular weight is 255 g/mol. The van der Waals surface area contributed by atoms with Crippen molar-refractivity contribution in [3.8, 4) is 0 Å². The lowest BCUT2D eigenvalue weighted by Crippen LogP contribution is -2.00. The number of pyridine rings is 1. The molecule has 0 aliphatic rings. The Balaban J connectivity index is 2.06. The molecule has 0 unspecified atom stereocenters. The van der Waals surface area contributed by atoms with E-state index in [-0.39, 0.29) is 17.1 Å². The monoisotopic (exact) mass is 255 g/mol. The molecule has 0 atom stereocenters. The summed E-state index contributed by atoms with van der Waals surface area (Å²) in [6.07, 6.45) is 2.38. The highest BCUT2D eigenvalue weighted by molar-refractivity contribution is 6.08. The van der Waals surface area contributed by atoms with Crippen molar-refractivity contribution in [2.75, 3.05) is 0 Å². The Labute approximate surface area is 108 Å². The Hall–Kier alpha value is -2.49. The fourth-order valence-electron chi connectivity index (χ4n) is 1.95. The first-order valence-corrected chi connectivity index (χ1v) is 5.79. The van der Waals surface area contributed by atoms with Crippen LogP contribution in [0, 0.1) is 12.7 Å². The molecule has 0 aliphatic carbocycles. The van der Waals surface area contributed by atoms with Crippen LogP contribution in [0.5, 0.6) is 0 Å². The molecule has 3 aromatic rings. The number of ketones is 1. The second kappa shape index (κ2) is 4.31. The molecule has 3 rings (SSSR count). The van der Waals surface area contributed by atoms with Crippen molar-refractivity contribution >= 4 is 16.8 Å². The molecule has 1 aromatic carbocycles. The van der Waals surface area contributed by atoms with Gasteiger partial charge in [-0.1, -0.05) is 11.6 Å². The number of furan rings is 1. The van der Waals surface area contributed by atoms with E-state index in [0.29, 0.717) is 5.58 Å². The molecule has 0 saturated carbocycles. The van der Waals surface area contributed by atoms with Crippen LogP contribution >= 0.6 is 0 Å². The van der Waals surface area contributed by atoms with Crippen molar-refractivity contribution in [1.29, 1.82) is 0 Å². The van der Waals surface area contributed by atoms with Crippen LogP contribution in [-0.2, 0) is 0 Å². The maximum absolute atomic E-state index is 13.1. The van der Waals surface area contributed by atoms with E-state index >= 15 is 0 Å². The zero-order valence-corrected chi connectivity index (χ0v) is 10.2. The summed E-state index contributed by atoms with van der Waals surface area (Å²) in [6.45, 7) is 1.96. The Morgan fingerprint density at radius 3 is 2.84 bits per heavy atom. The van der Waals surface area contributed by atoms with Crippen molar-refractivity contribution < 1.29 is 13.6 Å². The minimum absolute atomic E-state index is 0.177. The number of halogens is 1. The number of nitrogens with zero attached hydrogens (tertiary/aromatic N) is 1. The predicted molar refractivity (Wildman–Crippen MR) is 68.6 cm³/mol. The SMILES string of the molecule is Cc1ccc2oc(C(=O)c3cncc(F)c3)cc2c1. The minimum atomic E-state index is -0.544. The Morgan fingerprint density at radius 2 is 2.05 bits per heavy atom. The highest BCUT2D eigenvalue weighted by atomic mass is 19.1. The number of hydrogen-bond donors (Lipinski definition) is 0. The molecule has 3 nitrogen and oxygen atoms in total. The van der Waals surface area contributed by atoms with Gasteiger partial charge in [-0.2, -0.15) is 0 Å². The van der Waals surface area contributed by atoms with Gasteiger partial charge in [0, 0.05) is 17.1 Å². The van der Waals surface area contributed by atoms with Gasteiger partial charge in [0.05, 0.1) is 6.20 Å². The van der Waals surface area contributed by atoms with Gasteiger partial charge in [-0.25, -0.2) is 4.39 Å². The number of aryl methyl sites for hydroxylation is 1. The number of aromatic nitrogens is 1. The average Bonchev–Trinajstić information content (AvgIpc) is 2.80. The van der Waals surface area contributed by atoms with Crippen molar-refractivity contribution in [3.63, 3.8) is 0 Å². The van der Waals surface area contributed by atoms with Crippen LogP contribution in [-0.4, -0.2) is 10.8 Å². The summed E-state index contributed by atoms with van der Waals surface area (Å²) < 4.78 is 18.5. The number of rotatable bonds is 2. The van der Waals surface area contributed by atoms with Gasteiger partial charge < -0.3 is 4.42 Å². The van der Waals surface area contributed by atoms with Crippen LogP contribution in [0.25, 0.3) is 11.0 Å². The van der Waals surface area contributed by atoms with Crippen molar-refractivity contribution in [3.05, 3.63) is 65.4 Å². The van der Waals surface area contributed by atoms with Crippen LogP contribution in [0.4, 0.5) is 4.39 Å². The maximum atomic E-state index is 13.1. The summed E-state index contributed by atoms with van der Waals surface area (Å²) >= 11 is 0. The van der Waals surface area contributed by atoms with Crippen LogP contribution in [0.2, 0.25) is 0 Å². The van der Waals surface area contributed by atoms with E-state index in [1.807, 2.05) is 25.1 Å². The first-order valence-electron chi connectivity index (χ1n) is 5.79. The molecular formula is C15H10FNO2. The van der Waals surface area contributed by atoms with Gasteiger partial charge in [-0.3, -0.25) is 9.78 Å². The molecule has 4 heteroatoms. The van der Waals surface area contributed by atoms with Gasteiger partial charge in [-0.15, -0.1) is 0 Å². The van der Waals surface area contributed by atoms with Gasteiger partial charge in [0.25, 0.3) is 0 Å². The zero-order chi connectivity index (χ0) is 13.4. The summed E-state index contributed by atoms with van der Waals surface area (Å²) in [5.41, 5.74) is 1.90. The Kier molecular flexibility index (Phi) is 2.63. The molecule has 0 spiro atoms. The molecule has 19 heavy (non-hydrogen) atoms. The van der Waals surface area contributed by atoms with Crippen molar-refractivity contribution in [2.24, 2.45) is 0 Å². The first kappa shape index (κ1) is 11.6. The molecular weight excluding hydrogens is 245 g/mol. The fraction of sp³-hybridized carbons (Fsp3) is 0.0667. The highest BCUT2D eigenvalue weighted by Crippen LogP contribution is 2.22. The predicted octanol–water partition coefficient (Wildman–Crippen LogP) is 3.51. The molecule has 94 valence electrons. The molecule has 0 fully saturated rings. The van der Waals surface area contributed by atoms with Gasteiger partial charge in [-0.05, 0) is 31.2 Å². The van der Waals surface area contributed by atoms with Crippen LogP contribution in [0.15, 0.2) is 47.1 Å². The third-order valence-electron chi connectivity index (χ3n) is 2.86. The number of carbonyl (C=O) groups excluding carboxylic acids is 1. The van der Waals surface area contributed by atoms with Crippen LogP contribution in [0.1, 0.15) is 21.7 Å². The van der Waals surface area contributed by atoms with Crippen LogP contribution in [0.3, 0.4) is 0 Å². The molecule has 0 N–H and O–H groups in total. The number of benzene rings is 1. The van der Waals surface area contributed by atoms with E-state index in [1.165, 1.54) is 6.20 Å². The van der Waals surface area contributed by atoms with E-state index in [9.17, 15) is 9.18 Å². The van der Waals surface area contributed by atoms with Gasteiger partial charge in [0.15, 0.2) is 5.76 Å². The smallest absolute Gasteiger partial charge is 0.229 e. The Bertz CT molecular complexity index is 777. The summed E-state index contributed by atoms with van der Waals surface area (Å²) in [4.78, 5) is 15.8. The lowest BCUT2D eigenvalue weighted by Gasteiger charge is -1.96. The second-order valence-electron chi connectivity index (χ2n) is 4.37. The third kappa shape index (κ3) is 2.12. The lowest BCUT2D eigenvalue weighted by molar-refractivity contribution is 0.101. The van der Waals surface area contributed by atoms with E-state index in [2.05, 4.69) is 4.98 Å². The minimum Gasteiger partial charge on any atom is -0.453 e. The summed E-state index contributed by atoms with van der Waals surface area (Å²) in [7, 11) is 0. The van der Waals surface area contributed by atoms with E-state index in [4.69, 9.17) is 4.42 Å². The highest BCUT2D eigenvalue weighted by Gasteiger charge is 2.15. The third-order valence-corrected chi connectivity index (χ3v) is 2.86. The maximum Gasteiger partial charge on any atom is 0.229 e. The van der Waals surface area contributed by atoms with Crippen molar-refractivity contribution in [1.82, 2.24) is 4.98 Å². The fourth-order valence-corrected chi connectivity index (χ4v) is 1.95.